The van der Waals surface area contributed by atoms with Gasteiger partial charge in [-0.05, 0) is 30.5 Å². The fourth-order valence-corrected chi connectivity index (χ4v) is 3.13. The Balaban J connectivity index is 1.52. The van der Waals surface area contributed by atoms with Crippen molar-refractivity contribution >= 4 is 6.03 Å². The first-order valence-corrected chi connectivity index (χ1v) is 8.20. The van der Waals surface area contributed by atoms with Gasteiger partial charge in [0.2, 0.25) is 0 Å². The van der Waals surface area contributed by atoms with E-state index in [2.05, 4.69) is 15.3 Å². The molecule has 2 aromatic heterocycles. The normalized spacial score (nSPS) is 20.4. The number of likely N-dealkylation sites (tertiary alicyclic amines) is 1. The number of nitrogens with one attached hydrogen (secondary N) is 1. The molecule has 2 amide bonds. The summed E-state index contributed by atoms with van der Waals surface area (Å²) in [6, 6.07) is 1.85. The van der Waals surface area contributed by atoms with E-state index < -0.39 is 0 Å². The summed E-state index contributed by atoms with van der Waals surface area (Å²) in [6.45, 7) is 3.80. The molecule has 1 fully saturated rings. The second-order valence-corrected chi connectivity index (χ2v) is 6.42. The Morgan fingerprint density at radius 3 is 3.00 bits per heavy atom. The van der Waals surface area contributed by atoms with Crippen LogP contribution < -0.4 is 11.1 Å². The first-order chi connectivity index (χ1) is 11.5. The summed E-state index contributed by atoms with van der Waals surface area (Å²) >= 11 is 0. The molecule has 0 bridgehead atoms. The van der Waals surface area contributed by atoms with E-state index in [9.17, 15) is 4.79 Å². The number of hydrogen-bond donors (Lipinski definition) is 2. The Morgan fingerprint density at radius 2 is 2.29 bits per heavy atom. The summed E-state index contributed by atoms with van der Waals surface area (Å²) in [5, 5.41) is 2.98. The maximum atomic E-state index is 12.4. The highest BCUT2D eigenvalue weighted by atomic mass is 16.2. The molecule has 1 aliphatic rings. The molecule has 128 valence electrons. The molecular formula is C17H24N6O. The number of urea groups is 1. The van der Waals surface area contributed by atoms with E-state index in [0.29, 0.717) is 19.6 Å². The Hall–Kier alpha value is -2.41. The number of imidazole rings is 1. The summed E-state index contributed by atoms with van der Waals surface area (Å²) in [7, 11) is 1.93. The fourth-order valence-electron chi connectivity index (χ4n) is 3.13. The standard InChI is InChI=1S/C17H24N6O/c1-12-7-19-5-3-13(12)4-6-20-17(24)23-8-14(15(18)9-23)16-10-22(2)11-21-16/h3,5,7,10-11,14-15H,4,6,8-9,18H2,1-2H3,(H,20,24)/t14-,15-/m1/s1. The molecule has 1 saturated heterocycles. The molecule has 7 nitrogen and oxygen atoms in total. The van der Waals surface area contributed by atoms with Crippen molar-refractivity contribution in [1.29, 1.82) is 0 Å². The average Bonchev–Trinajstić information content (AvgIpc) is 3.15. The van der Waals surface area contributed by atoms with E-state index in [4.69, 9.17) is 5.73 Å². The van der Waals surface area contributed by atoms with Crippen LogP contribution in [0.3, 0.4) is 0 Å². The molecule has 3 N–H and O–H groups in total. The van der Waals surface area contributed by atoms with Crippen LogP contribution in [-0.2, 0) is 13.5 Å². The van der Waals surface area contributed by atoms with Crippen molar-refractivity contribution in [3.8, 4) is 0 Å². The highest BCUT2D eigenvalue weighted by Gasteiger charge is 2.35. The van der Waals surface area contributed by atoms with Crippen LogP contribution in [0.2, 0.25) is 0 Å². The lowest BCUT2D eigenvalue weighted by Crippen LogP contribution is -2.40. The summed E-state index contributed by atoms with van der Waals surface area (Å²) in [5.41, 5.74) is 9.51. The van der Waals surface area contributed by atoms with E-state index >= 15 is 0 Å². The minimum atomic E-state index is -0.0758. The Labute approximate surface area is 141 Å². The van der Waals surface area contributed by atoms with Crippen molar-refractivity contribution in [2.45, 2.75) is 25.3 Å². The maximum Gasteiger partial charge on any atom is 0.317 e. The van der Waals surface area contributed by atoms with Crippen molar-refractivity contribution in [3.63, 3.8) is 0 Å². The van der Waals surface area contributed by atoms with Gasteiger partial charge in [0.1, 0.15) is 0 Å². The number of nitrogens with two attached hydrogens (primary N) is 1. The smallest absolute Gasteiger partial charge is 0.317 e. The first kappa shape index (κ1) is 16.4. The largest absolute Gasteiger partial charge is 0.340 e. The number of carbonyl (C=O) groups excluding carboxylic acids is 1. The summed E-state index contributed by atoms with van der Waals surface area (Å²) in [5.74, 6) is 0.0967. The number of nitrogens with zero attached hydrogens (tertiary/aromatic N) is 4. The van der Waals surface area contributed by atoms with Crippen molar-refractivity contribution in [2.75, 3.05) is 19.6 Å². The molecule has 3 heterocycles. The Bertz CT molecular complexity index is 713. The molecule has 7 heteroatoms. The van der Waals surface area contributed by atoms with E-state index in [0.717, 1.165) is 17.7 Å². The van der Waals surface area contributed by atoms with Gasteiger partial charge in [-0.15, -0.1) is 0 Å². The second-order valence-electron chi connectivity index (χ2n) is 6.42. The van der Waals surface area contributed by atoms with Crippen LogP contribution >= 0.6 is 0 Å². The second kappa shape index (κ2) is 7.00. The molecule has 3 rings (SSSR count). The number of carbonyl (C=O) groups is 1. The molecule has 0 saturated carbocycles. The highest BCUT2D eigenvalue weighted by molar-refractivity contribution is 5.74. The molecule has 1 aliphatic heterocycles. The molecule has 0 spiro atoms. The lowest BCUT2D eigenvalue weighted by molar-refractivity contribution is 0.208. The van der Waals surface area contributed by atoms with Crippen LogP contribution in [0, 0.1) is 6.92 Å². The highest BCUT2D eigenvalue weighted by Crippen LogP contribution is 2.25. The van der Waals surface area contributed by atoms with Crippen LogP contribution in [0.4, 0.5) is 4.79 Å². The van der Waals surface area contributed by atoms with Crippen molar-refractivity contribution in [3.05, 3.63) is 47.8 Å². The summed E-state index contributed by atoms with van der Waals surface area (Å²) in [6.07, 6.45) is 8.15. The third-order valence-corrected chi connectivity index (χ3v) is 4.56. The Morgan fingerprint density at radius 1 is 1.46 bits per heavy atom. The van der Waals surface area contributed by atoms with E-state index in [1.54, 1.807) is 17.4 Å². The van der Waals surface area contributed by atoms with Crippen molar-refractivity contribution < 1.29 is 4.79 Å². The molecule has 24 heavy (non-hydrogen) atoms. The SMILES string of the molecule is Cc1cnccc1CCNC(=O)N1C[C@@H](N)[C@H](c2cn(C)cn2)C1. The monoisotopic (exact) mass is 328 g/mol. The number of rotatable bonds is 4. The third-order valence-electron chi connectivity index (χ3n) is 4.56. The molecule has 0 unspecified atom stereocenters. The van der Waals surface area contributed by atoms with Crippen molar-refractivity contribution in [2.24, 2.45) is 12.8 Å². The Kier molecular flexibility index (Phi) is 4.80. The van der Waals surface area contributed by atoms with Crippen LogP contribution in [0.25, 0.3) is 0 Å². The van der Waals surface area contributed by atoms with Crippen molar-refractivity contribution in [1.82, 2.24) is 24.8 Å². The van der Waals surface area contributed by atoms with Gasteiger partial charge in [-0.25, -0.2) is 9.78 Å². The van der Waals surface area contributed by atoms with Gasteiger partial charge in [0, 0.05) is 57.2 Å². The number of amides is 2. The molecule has 0 aromatic carbocycles. The van der Waals surface area contributed by atoms with E-state index in [1.807, 2.05) is 37.0 Å². The van der Waals surface area contributed by atoms with Crippen LogP contribution in [0.1, 0.15) is 22.7 Å². The lowest BCUT2D eigenvalue weighted by Gasteiger charge is -2.17. The average molecular weight is 328 g/mol. The van der Waals surface area contributed by atoms with Crippen LogP contribution in [0.15, 0.2) is 31.0 Å². The minimum absolute atomic E-state index is 0.0596. The molecule has 2 atom stereocenters. The van der Waals surface area contributed by atoms with E-state index in [-0.39, 0.29) is 18.0 Å². The van der Waals surface area contributed by atoms with Crippen LogP contribution in [0.5, 0.6) is 0 Å². The predicted molar refractivity (Wildman–Crippen MR) is 91.6 cm³/mol. The zero-order chi connectivity index (χ0) is 17.1. The maximum absolute atomic E-state index is 12.4. The predicted octanol–water partition coefficient (Wildman–Crippen LogP) is 0.802. The van der Waals surface area contributed by atoms with Crippen LogP contribution in [-0.4, -0.2) is 51.1 Å². The van der Waals surface area contributed by atoms with Gasteiger partial charge in [0.15, 0.2) is 0 Å². The number of aromatic nitrogens is 3. The van der Waals surface area contributed by atoms with Gasteiger partial charge in [0.25, 0.3) is 0 Å². The molecule has 0 aliphatic carbocycles. The summed E-state index contributed by atoms with van der Waals surface area (Å²) in [4.78, 5) is 22.6. The lowest BCUT2D eigenvalue weighted by atomic mass is 10.0. The number of aryl methyl sites for hydroxylation is 2. The summed E-state index contributed by atoms with van der Waals surface area (Å²) < 4.78 is 1.90. The fraction of sp³-hybridized carbons (Fsp3) is 0.471. The van der Waals surface area contributed by atoms with Gasteiger partial charge < -0.3 is 20.5 Å². The van der Waals surface area contributed by atoms with Gasteiger partial charge in [0.05, 0.1) is 12.0 Å². The van der Waals surface area contributed by atoms with Gasteiger partial charge in [-0.2, -0.15) is 0 Å². The zero-order valence-corrected chi connectivity index (χ0v) is 14.1. The van der Waals surface area contributed by atoms with Gasteiger partial charge in [-0.3, -0.25) is 4.98 Å². The molecule has 2 aromatic rings. The van der Waals surface area contributed by atoms with Gasteiger partial charge in [-0.1, -0.05) is 0 Å². The third kappa shape index (κ3) is 3.56. The topological polar surface area (TPSA) is 89.1 Å². The van der Waals surface area contributed by atoms with Gasteiger partial charge >= 0.3 is 6.03 Å². The zero-order valence-electron chi connectivity index (χ0n) is 14.1. The quantitative estimate of drug-likeness (QED) is 0.869. The molecular weight excluding hydrogens is 304 g/mol. The first-order valence-electron chi connectivity index (χ1n) is 8.20. The number of hydrogen-bond acceptors (Lipinski definition) is 4. The minimum Gasteiger partial charge on any atom is -0.340 e. The number of pyridine rings is 1. The molecule has 0 radical (unpaired) electrons. The van der Waals surface area contributed by atoms with E-state index in [1.165, 1.54) is 5.56 Å².